The molecule has 5 nitrogen and oxygen atoms in total. The molecular weight excluding hydrogens is 180 g/mol. The minimum absolute atomic E-state index is 0.275. The number of guanidine groups is 1. The highest BCUT2D eigenvalue weighted by molar-refractivity contribution is 5.91. The average molecular weight is 190 g/mol. The largest absolute Gasteiger partial charge is 0.423 e. The normalized spacial score (nSPS) is 11.9. The van der Waals surface area contributed by atoms with Crippen molar-refractivity contribution in [3.8, 4) is 0 Å². The second-order valence-corrected chi connectivity index (χ2v) is 2.72. The molecule has 1 aromatic carbocycles. The van der Waals surface area contributed by atoms with Crippen LogP contribution in [-0.2, 0) is 0 Å². The molecule has 14 heavy (non-hydrogen) atoms. The van der Waals surface area contributed by atoms with Crippen molar-refractivity contribution < 1.29 is 4.42 Å². The van der Waals surface area contributed by atoms with Crippen LogP contribution in [0.4, 0.5) is 6.01 Å². The third-order valence-corrected chi connectivity index (χ3v) is 1.77. The number of para-hydroxylation sites is 2. The lowest BCUT2D eigenvalue weighted by molar-refractivity contribution is 0.624. The highest BCUT2D eigenvalue weighted by Gasteiger charge is 2.04. The lowest BCUT2D eigenvalue weighted by atomic mass is 10.3. The second-order valence-electron chi connectivity index (χ2n) is 2.72. The van der Waals surface area contributed by atoms with Gasteiger partial charge in [-0.2, -0.15) is 4.98 Å². The maximum absolute atomic E-state index is 5.47. The third kappa shape index (κ3) is 1.52. The van der Waals surface area contributed by atoms with Gasteiger partial charge in [-0.05, 0) is 12.1 Å². The van der Waals surface area contributed by atoms with Gasteiger partial charge in [-0.3, -0.25) is 10.3 Å². The first kappa shape index (κ1) is 8.55. The molecule has 0 bridgehead atoms. The number of nitrogens with two attached hydrogens (primary N) is 1. The second kappa shape index (κ2) is 3.37. The first-order chi connectivity index (χ1) is 6.79. The fourth-order valence-electron chi connectivity index (χ4n) is 1.09. The minimum atomic E-state index is 0.275. The Hall–Kier alpha value is -2.04. The van der Waals surface area contributed by atoms with E-state index in [9.17, 15) is 0 Å². The molecule has 2 rings (SSSR count). The number of rotatable bonds is 1. The molecule has 0 aliphatic heterocycles. The summed E-state index contributed by atoms with van der Waals surface area (Å²) < 4.78 is 5.36. The van der Waals surface area contributed by atoms with Gasteiger partial charge in [-0.1, -0.05) is 12.1 Å². The van der Waals surface area contributed by atoms with Crippen LogP contribution in [0.25, 0.3) is 11.1 Å². The van der Waals surface area contributed by atoms with E-state index >= 15 is 0 Å². The van der Waals surface area contributed by atoms with Crippen LogP contribution in [0.1, 0.15) is 0 Å². The number of anilines is 1. The number of benzene rings is 1. The van der Waals surface area contributed by atoms with Gasteiger partial charge in [0, 0.05) is 7.05 Å². The summed E-state index contributed by atoms with van der Waals surface area (Å²) in [5, 5.41) is 2.73. The van der Waals surface area contributed by atoms with Crippen LogP contribution in [-0.4, -0.2) is 18.0 Å². The summed E-state index contributed by atoms with van der Waals surface area (Å²) in [6.45, 7) is 0. The van der Waals surface area contributed by atoms with Crippen LogP contribution in [0.2, 0.25) is 0 Å². The number of oxazole rings is 1. The van der Waals surface area contributed by atoms with Crippen LogP contribution in [0.5, 0.6) is 0 Å². The Balaban J connectivity index is 2.36. The number of hydrogen-bond donors (Lipinski definition) is 2. The topological polar surface area (TPSA) is 76.4 Å². The fraction of sp³-hybridized carbons (Fsp3) is 0.111. The number of fused-ring (bicyclic) bond motifs is 1. The van der Waals surface area contributed by atoms with Crippen molar-refractivity contribution in [1.82, 2.24) is 4.98 Å². The molecule has 0 unspecified atom stereocenters. The maximum atomic E-state index is 5.47. The van der Waals surface area contributed by atoms with Crippen molar-refractivity contribution in [2.75, 3.05) is 12.4 Å². The number of aliphatic imine (C=N–C) groups is 1. The molecule has 0 saturated heterocycles. The van der Waals surface area contributed by atoms with Crippen molar-refractivity contribution in [3.05, 3.63) is 24.3 Å². The predicted octanol–water partition coefficient (Wildman–Crippen LogP) is 1.18. The Morgan fingerprint density at radius 2 is 2.29 bits per heavy atom. The summed E-state index contributed by atoms with van der Waals surface area (Å²) in [5.41, 5.74) is 6.98. The van der Waals surface area contributed by atoms with E-state index in [1.165, 1.54) is 0 Å². The Morgan fingerprint density at radius 1 is 1.50 bits per heavy atom. The van der Waals surface area contributed by atoms with E-state index in [0.717, 1.165) is 11.1 Å². The van der Waals surface area contributed by atoms with Gasteiger partial charge in [0.05, 0.1) is 0 Å². The lowest BCUT2D eigenvalue weighted by Crippen LogP contribution is -2.22. The summed E-state index contributed by atoms with van der Waals surface area (Å²) in [6.07, 6.45) is 0. The maximum Gasteiger partial charge on any atom is 0.302 e. The fourth-order valence-corrected chi connectivity index (χ4v) is 1.09. The van der Waals surface area contributed by atoms with Gasteiger partial charge in [0.2, 0.25) is 0 Å². The average Bonchev–Trinajstić information content (AvgIpc) is 2.59. The van der Waals surface area contributed by atoms with E-state index in [1.54, 1.807) is 7.05 Å². The molecule has 5 heteroatoms. The Morgan fingerprint density at radius 3 is 3.00 bits per heavy atom. The molecule has 2 aromatic rings. The lowest BCUT2D eigenvalue weighted by Gasteiger charge is -1.96. The van der Waals surface area contributed by atoms with Gasteiger partial charge in [-0.25, -0.2) is 0 Å². The van der Waals surface area contributed by atoms with E-state index in [2.05, 4.69) is 15.3 Å². The molecule has 1 heterocycles. The Bertz CT molecular complexity index is 441. The highest BCUT2D eigenvalue weighted by atomic mass is 16.4. The SMILES string of the molecule is CN=C(N)Nc1nc2ccccc2o1. The number of nitrogens with zero attached hydrogens (tertiary/aromatic N) is 2. The van der Waals surface area contributed by atoms with Crippen molar-refractivity contribution in [3.63, 3.8) is 0 Å². The molecule has 1 aromatic heterocycles. The van der Waals surface area contributed by atoms with Gasteiger partial charge >= 0.3 is 6.01 Å². The van der Waals surface area contributed by atoms with Gasteiger partial charge < -0.3 is 10.2 Å². The zero-order valence-corrected chi connectivity index (χ0v) is 7.69. The number of hydrogen-bond acceptors (Lipinski definition) is 3. The van der Waals surface area contributed by atoms with E-state index in [1.807, 2.05) is 24.3 Å². The van der Waals surface area contributed by atoms with Gasteiger partial charge in [0.1, 0.15) is 5.52 Å². The Labute approximate surface area is 80.6 Å². The van der Waals surface area contributed by atoms with Gasteiger partial charge in [0.15, 0.2) is 11.5 Å². The zero-order valence-electron chi connectivity index (χ0n) is 7.69. The number of nitrogens with one attached hydrogen (secondary N) is 1. The quantitative estimate of drug-likeness (QED) is 0.523. The van der Waals surface area contributed by atoms with E-state index in [4.69, 9.17) is 10.2 Å². The van der Waals surface area contributed by atoms with Crippen molar-refractivity contribution >= 4 is 23.1 Å². The first-order valence-electron chi connectivity index (χ1n) is 4.14. The summed E-state index contributed by atoms with van der Waals surface area (Å²) in [6, 6.07) is 7.84. The van der Waals surface area contributed by atoms with Crippen LogP contribution in [0.3, 0.4) is 0 Å². The summed E-state index contributed by atoms with van der Waals surface area (Å²) in [4.78, 5) is 7.90. The van der Waals surface area contributed by atoms with E-state index in [-0.39, 0.29) is 5.96 Å². The monoisotopic (exact) mass is 190 g/mol. The van der Waals surface area contributed by atoms with Crippen molar-refractivity contribution in [2.24, 2.45) is 10.7 Å². The standard InChI is InChI=1S/C9H10N4O/c1-11-8(10)13-9-12-6-4-2-3-5-7(6)14-9/h2-5H,1H3,(H3,10,11,12,13). The first-order valence-corrected chi connectivity index (χ1v) is 4.14. The van der Waals surface area contributed by atoms with Gasteiger partial charge in [0.25, 0.3) is 0 Å². The summed E-state index contributed by atoms with van der Waals surface area (Å²) >= 11 is 0. The Kier molecular flexibility index (Phi) is 2.06. The molecule has 0 radical (unpaired) electrons. The molecule has 0 saturated carbocycles. The molecule has 0 aliphatic carbocycles. The van der Waals surface area contributed by atoms with Crippen LogP contribution < -0.4 is 11.1 Å². The molecule has 0 spiro atoms. The summed E-state index contributed by atoms with van der Waals surface area (Å²) in [7, 11) is 1.59. The molecule has 0 fully saturated rings. The van der Waals surface area contributed by atoms with Crippen molar-refractivity contribution in [1.29, 1.82) is 0 Å². The molecular formula is C9H10N4O. The zero-order chi connectivity index (χ0) is 9.97. The predicted molar refractivity (Wildman–Crippen MR) is 55.2 cm³/mol. The third-order valence-electron chi connectivity index (χ3n) is 1.77. The molecule has 72 valence electrons. The molecule has 0 amide bonds. The number of aromatic nitrogens is 1. The van der Waals surface area contributed by atoms with Crippen LogP contribution in [0, 0.1) is 0 Å². The molecule has 3 N–H and O–H groups in total. The van der Waals surface area contributed by atoms with Crippen LogP contribution in [0.15, 0.2) is 33.7 Å². The molecule has 0 aliphatic rings. The summed E-state index contributed by atoms with van der Waals surface area (Å²) in [5.74, 6) is 0.275. The van der Waals surface area contributed by atoms with E-state index in [0.29, 0.717) is 6.01 Å². The molecule has 0 atom stereocenters. The smallest absolute Gasteiger partial charge is 0.302 e. The van der Waals surface area contributed by atoms with E-state index < -0.39 is 0 Å². The minimum Gasteiger partial charge on any atom is -0.423 e. The van der Waals surface area contributed by atoms with Crippen molar-refractivity contribution in [2.45, 2.75) is 0 Å². The van der Waals surface area contributed by atoms with Gasteiger partial charge in [-0.15, -0.1) is 0 Å². The van der Waals surface area contributed by atoms with Crippen LogP contribution >= 0.6 is 0 Å². The highest BCUT2D eigenvalue weighted by Crippen LogP contribution is 2.17.